The molecule has 3 aromatic rings. The molecule has 2 heterocycles. The zero-order chi connectivity index (χ0) is 24.6. The van der Waals surface area contributed by atoms with Crippen molar-refractivity contribution in [1.82, 2.24) is 10.2 Å². The lowest BCUT2D eigenvalue weighted by Crippen LogP contribution is -2.50. The number of rotatable bonds is 8. The first-order valence-electron chi connectivity index (χ1n) is 11.5. The number of ether oxygens (including phenoxy) is 1. The predicted octanol–water partition coefficient (Wildman–Crippen LogP) is 3.63. The van der Waals surface area contributed by atoms with Gasteiger partial charge in [-0.1, -0.05) is 12.1 Å². The number of methoxy groups -OCH3 is 1. The Labute approximate surface area is 209 Å². The summed E-state index contributed by atoms with van der Waals surface area (Å²) in [5.74, 6) is 0.238. The highest BCUT2D eigenvalue weighted by Crippen LogP contribution is 2.26. The molecular formula is C26H30N4O4S. The van der Waals surface area contributed by atoms with Crippen molar-refractivity contribution in [3.8, 4) is 5.75 Å². The van der Waals surface area contributed by atoms with E-state index in [1.807, 2.05) is 48.7 Å². The van der Waals surface area contributed by atoms with Gasteiger partial charge in [0, 0.05) is 43.3 Å². The van der Waals surface area contributed by atoms with Gasteiger partial charge in [0.05, 0.1) is 25.1 Å². The minimum Gasteiger partial charge on any atom is -0.497 e. The van der Waals surface area contributed by atoms with Crippen LogP contribution in [-0.4, -0.2) is 62.8 Å². The molecular weight excluding hydrogens is 464 g/mol. The molecule has 9 heteroatoms. The van der Waals surface area contributed by atoms with Crippen LogP contribution in [0.1, 0.15) is 11.8 Å². The Kier molecular flexibility index (Phi) is 8.33. The summed E-state index contributed by atoms with van der Waals surface area (Å²) in [6.45, 7) is 3.53. The van der Waals surface area contributed by atoms with E-state index in [0.29, 0.717) is 5.69 Å². The molecule has 1 aromatic heterocycles. The standard InChI is InChI=1S/C26H30N4O4S/c1-33-20-11-9-19(10-12-20)29-13-15-30(16-14-29)22(23-7-5-17-34-23)18-27-25(31)26(32)28-21-6-3-4-8-24(21)35-2/h3-12,17,22H,13-16,18H2,1-2H3,(H,27,31)(H,28,32). The summed E-state index contributed by atoms with van der Waals surface area (Å²) < 4.78 is 10.9. The SMILES string of the molecule is COc1ccc(N2CCN(C(CNC(=O)C(=O)Nc3ccccc3SC)c3ccco3)CC2)cc1. The molecule has 2 amide bonds. The molecule has 0 spiro atoms. The third-order valence-electron chi connectivity index (χ3n) is 6.08. The summed E-state index contributed by atoms with van der Waals surface area (Å²) >= 11 is 1.51. The number of carbonyl (C=O) groups excluding carboxylic acids is 2. The van der Waals surface area contributed by atoms with Crippen molar-refractivity contribution in [3.05, 3.63) is 72.7 Å². The van der Waals surface area contributed by atoms with Crippen molar-refractivity contribution in [2.75, 3.05) is 56.3 Å². The van der Waals surface area contributed by atoms with Gasteiger partial charge in [0.25, 0.3) is 0 Å². The van der Waals surface area contributed by atoms with Crippen molar-refractivity contribution in [3.63, 3.8) is 0 Å². The molecule has 1 aliphatic heterocycles. The second-order valence-electron chi connectivity index (χ2n) is 8.12. The molecule has 0 saturated carbocycles. The van der Waals surface area contributed by atoms with Crippen LogP contribution in [0.25, 0.3) is 0 Å². The number of para-hydroxylation sites is 1. The predicted molar refractivity (Wildman–Crippen MR) is 138 cm³/mol. The number of benzene rings is 2. The highest BCUT2D eigenvalue weighted by molar-refractivity contribution is 7.98. The average molecular weight is 495 g/mol. The Hall–Kier alpha value is -3.43. The van der Waals surface area contributed by atoms with E-state index in [-0.39, 0.29) is 12.6 Å². The summed E-state index contributed by atoms with van der Waals surface area (Å²) in [6.07, 6.45) is 3.55. The highest BCUT2D eigenvalue weighted by atomic mass is 32.2. The maximum Gasteiger partial charge on any atom is 0.313 e. The highest BCUT2D eigenvalue weighted by Gasteiger charge is 2.28. The first-order chi connectivity index (χ1) is 17.1. The molecule has 2 aromatic carbocycles. The summed E-state index contributed by atoms with van der Waals surface area (Å²) in [5.41, 5.74) is 1.77. The molecule has 0 aliphatic carbocycles. The Balaban J connectivity index is 1.36. The number of furan rings is 1. The van der Waals surface area contributed by atoms with E-state index < -0.39 is 11.8 Å². The molecule has 1 unspecified atom stereocenters. The molecule has 35 heavy (non-hydrogen) atoms. The molecule has 1 atom stereocenters. The first kappa shape index (κ1) is 24.7. The number of anilines is 2. The van der Waals surface area contributed by atoms with Crippen LogP contribution in [0.2, 0.25) is 0 Å². The fraction of sp³-hybridized carbons (Fsp3) is 0.308. The van der Waals surface area contributed by atoms with E-state index in [2.05, 4.69) is 32.6 Å². The quantitative estimate of drug-likeness (QED) is 0.365. The van der Waals surface area contributed by atoms with Crippen molar-refractivity contribution in [1.29, 1.82) is 0 Å². The summed E-state index contributed by atoms with van der Waals surface area (Å²) in [4.78, 5) is 30.6. The second-order valence-corrected chi connectivity index (χ2v) is 8.96. The second kappa shape index (κ2) is 11.8. The zero-order valence-corrected chi connectivity index (χ0v) is 20.7. The van der Waals surface area contributed by atoms with Gasteiger partial charge < -0.3 is 24.7 Å². The van der Waals surface area contributed by atoms with Crippen LogP contribution in [0.15, 0.2) is 76.2 Å². The van der Waals surface area contributed by atoms with Gasteiger partial charge in [-0.3, -0.25) is 14.5 Å². The van der Waals surface area contributed by atoms with Crippen LogP contribution in [0.5, 0.6) is 5.75 Å². The van der Waals surface area contributed by atoms with Crippen LogP contribution in [0.3, 0.4) is 0 Å². The van der Waals surface area contributed by atoms with E-state index >= 15 is 0 Å². The van der Waals surface area contributed by atoms with Gasteiger partial charge in [0.1, 0.15) is 11.5 Å². The number of hydrogen-bond donors (Lipinski definition) is 2. The monoisotopic (exact) mass is 494 g/mol. The minimum atomic E-state index is -0.686. The number of amides is 2. The van der Waals surface area contributed by atoms with E-state index in [1.54, 1.807) is 19.4 Å². The summed E-state index contributed by atoms with van der Waals surface area (Å²) in [5, 5.41) is 5.50. The fourth-order valence-corrected chi connectivity index (χ4v) is 4.73. The topological polar surface area (TPSA) is 87.0 Å². The summed E-state index contributed by atoms with van der Waals surface area (Å²) in [7, 11) is 1.66. The van der Waals surface area contributed by atoms with Crippen molar-refractivity contribution in [2.45, 2.75) is 10.9 Å². The smallest absolute Gasteiger partial charge is 0.313 e. The molecule has 0 bridgehead atoms. The fourth-order valence-electron chi connectivity index (χ4n) is 4.17. The van der Waals surface area contributed by atoms with Crippen LogP contribution < -0.4 is 20.3 Å². The van der Waals surface area contributed by atoms with E-state index in [0.717, 1.165) is 48.3 Å². The number of nitrogens with zero attached hydrogens (tertiary/aromatic N) is 2. The summed E-state index contributed by atoms with van der Waals surface area (Å²) in [6, 6.07) is 19.0. The van der Waals surface area contributed by atoms with E-state index in [4.69, 9.17) is 9.15 Å². The lowest BCUT2D eigenvalue weighted by Gasteiger charge is -2.39. The van der Waals surface area contributed by atoms with Crippen LogP contribution in [0.4, 0.5) is 11.4 Å². The van der Waals surface area contributed by atoms with Gasteiger partial charge in [0.2, 0.25) is 0 Å². The van der Waals surface area contributed by atoms with Gasteiger partial charge in [-0.25, -0.2) is 0 Å². The lowest BCUT2D eigenvalue weighted by molar-refractivity contribution is -0.136. The molecule has 1 fully saturated rings. The molecule has 2 N–H and O–H groups in total. The van der Waals surface area contributed by atoms with Gasteiger partial charge in [-0.2, -0.15) is 0 Å². The number of nitrogens with one attached hydrogen (secondary N) is 2. The van der Waals surface area contributed by atoms with Crippen molar-refractivity contribution >= 4 is 35.0 Å². The van der Waals surface area contributed by atoms with E-state index in [9.17, 15) is 9.59 Å². The molecule has 0 radical (unpaired) electrons. The number of carbonyl (C=O) groups is 2. The molecule has 1 aliphatic rings. The van der Waals surface area contributed by atoms with Crippen molar-refractivity contribution in [2.24, 2.45) is 0 Å². The van der Waals surface area contributed by atoms with E-state index in [1.165, 1.54) is 11.8 Å². The zero-order valence-electron chi connectivity index (χ0n) is 19.9. The van der Waals surface area contributed by atoms with Gasteiger partial charge in [-0.05, 0) is 54.8 Å². The third kappa shape index (κ3) is 6.17. The normalized spacial score (nSPS) is 14.9. The lowest BCUT2D eigenvalue weighted by atomic mass is 10.1. The van der Waals surface area contributed by atoms with Gasteiger partial charge >= 0.3 is 11.8 Å². The van der Waals surface area contributed by atoms with Crippen molar-refractivity contribution < 1.29 is 18.7 Å². The first-order valence-corrected chi connectivity index (χ1v) is 12.7. The maximum atomic E-state index is 12.6. The van der Waals surface area contributed by atoms with Gasteiger partial charge in [-0.15, -0.1) is 11.8 Å². The Morgan fingerprint density at radius 2 is 1.74 bits per heavy atom. The Bertz CT molecular complexity index is 1110. The molecule has 1 saturated heterocycles. The number of thioether (sulfide) groups is 1. The van der Waals surface area contributed by atoms with Crippen LogP contribution in [-0.2, 0) is 9.59 Å². The minimum absolute atomic E-state index is 0.168. The largest absolute Gasteiger partial charge is 0.497 e. The van der Waals surface area contributed by atoms with Gasteiger partial charge in [0.15, 0.2) is 0 Å². The Morgan fingerprint density at radius 1 is 1.00 bits per heavy atom. The van der Waals surface area contributed by atoms with Crippen LogP contribution >= 0.6 is 11.8 Å². The molecule has 8 nitrogen and oxygen atoms in total. The number of piperazine rings is 1. The maximum absolute atomic E-state index is 12.6. The Morgan fingerprint density at radius 3 is 2.40 bits per heavy atom. The molecule has 4 rings (SSSR count). The number of hydrogen-bond acceptors (Lipinski definition) is 7. The third-order valence-corrected chi connectivity index (χ3v) is 6.88. The van der Waals surface area contributed by atoms with Crippen LogP contribution in [0, 0.1) is 0 Å². The average Bonchev–Trinajstić information content (AvgIpc) is 3.44. The molecule has 184 valence electrons.